The summed E-state index contributed by atoms with van der Waals surface area (Å²) in [5.74, 6) is 0.255. The minimum absolute atomic E-state index is 0.0532. The Morgan fingerprint density at radius 2 is 0.900 bits per heavy atom. The van der Waals surface area contributed by atoms with Gasteiger partial charge in [0.25, 0.3) is 23.6 Å². The van der Waals surface area contributed by atoms with E-state index in [1.54, 1.807) is 24.3 Å². The van der Waals surface area contributed by atoms with E-state index in [1.807, 2.05) is 37.6 Å². The monoisotopic (exact) mass is 1000 g/mol. The van der Waals surface area contributed by atoms with Gasteiger partial charge >= 0.3 is 12.1 Å². The summed E-state index contributed by atoms with van der Waals surface area (Å²) in [4.78, 5) is 110. The van der Waals surface area contributed by atoms with Gasteiger partial charge in [-0.2, -0.15) is 23.5 Å². The second kappa shape index (κ2) is 24.0. The third-order valence-corrected chi connectivity index (χ3v) is 17.7. The van der Waals surface area contributed by atoms with E-state index in [2.05, 4.69) is 41.7 Å². The molecule has 6 unspecified atom stereocenters. The molecule has 0 radical (unpaired) electrons. The van der Waals surface area contributed by atoms with E-state index in [-0.39, 0.29) is 61.1 Å². The normalized spacial score (nSPS) is 23.3. The van der Waals surface area contributed by atoms with Crippen LogP contribution in [0.15, 0.2) is 24.3 Å². The first-order chi connectivity index (χ1) is 33.9. The van der Waals surface area contributed by atoms with Gasteiger partial charge < -0.3 is 41.7 Å². The van der Waals surface area contributed by atoms with Crippen molar-refractivity contribution in [3.05, 3.63) is 46.5 Å². The van der Waals surface area contributed by atoms with Crippen molar-refractivity contribution in [2.24, 2.45) is 0 Å². The summed E-state index contributed by atoms with van der Waals surface area (Å²) >= 11 is 3.83. The van der Waals surface area contributed by atoms with Gasteiger partial charge in [-0.1, -0.05) is 25.7 Å². The molecule has 2 aromatic rings. The van der Waals surface area contributed by atoms with Crippen LogP contribution in [0, 0.1) is 0 Å². The zero-order valence-electron chi connectivity index (χ0n) is 40.6. The van der Waals surface area contributed by atoms with E-state index in [0.717, 1.165) is 88.8 Å². The summed E-state index contributed by atoms with van der Waals surface area (Å²) in [6, 6.07) is 7.18. The molecule has 2 aromatic carbocycles. The van der Waals surface area contributed by atoms with Gasteiger partial charge in [0.05, 0.1) is 24.2 Å². The number of benzene rings is 2. The van der Waals surface area contributed by atoms with Gasteiger partial charge in [-0.25, -0.2) is 9.59 Å². The number of thioether (sulfide) groups is 2. The predicted molar refractivity (Wildman–Crippen MR) is 271 cm³/mol. The number of rotatable bonds is 28. The molecule has 8 rings (SSSR count). The van der Waals surface area contributed by atoms with Crippen molar-refractivity contribution in [3.8, 4) is 0 Å². The van der Waals surface area contributed by atoms with Crippen molar-refractivity contribution in [3.63, 3.8) is 0 Å². The molecule has 20 heteroatoms. The van der Waals surface area contributed by atoms with Gasteiger partial charge in [0.2, 0.25) is 11.8 Å². The van der Waals surface area contributed by atoms with Gasteiger partial charge in [0.1, 0.15) is 0 Å². The number of nitrogens with one attached hydrogen (secondary N) is 6. The lowest BCUT2D eigenvalue weighted by molar-refractivity contribution is -0.122. The van der Waals surface area contributed by atoms with Crippen LogP contribution in [0.3, 0.4) is 0 Å². The Hall–Kier alpha value is -4.92. The molecule has 380 valence electrons. The van der Waals surface area contributed by atoms with Crippen LogP contribution < -0.4 is 31.9 Å². The number of nitrogens with zero attached hydrogens (tertiary/aromatic N) is 4. The zero-order chi connectivity index (χ0) is 49.3. The largest absolute Gasteiger partial charge is 0.356 e. The number of urea groups is 2. The van der Waals surface area contributed by atoms with Crippen LogP contribution in [0.4, 0.5) is 9.59 Å². The first-order valence-corrected chi connectivity index (χ1v) is 27.6. The quantitative estimate of drug-likeness (QED) is 0.0406. The van der Waals surface area contributed by atoms with E-state index >= 15 is 0 Å². The highest BCUT2D eigenvalue weighted by atomic mass is 32.2. The average molecular weight is 1000 g/mol. The summed E-state index contributed by atoms with van der Waals surface area (Å²) in [6.45, 7) is 4.34. The van der Waals surface area contributed by atoms with Crippen molar-refractivity contribution < 1.29 is 38.4 Å². The number of carbonyl (C=O) groups is 8. The number of unbranched alkanes of at least 4 members (excludes halogenated alkanes) is 4. The van der Waals surface area contributed by atoms with Crippen molar-refractivity contribution in [2.75, 3.05) is 78.0 Å². The Morgan fingerprint density at radius 1 is 0.529 bits per heavy atom. The standard InChI is InChI=1S/C50H70N10O8S2/c1-57(23-9-21-51-39(61)15-7-3-5-13-37-43-35(29-69-37)53-49(67)55-43)25-11-27-59-45(63)31-17-19-33-42-34(20-18-32(41(31)42)46(59)64)48(66)60(47(33)65)28-12-26-58(2)24-10-22-52-40(62)16-8-4-6-14-38-44-36(30-70-38)54-50(68)56-44/h17-20,35-38,43-44H,3-16,21-30H2,1-2H3,(H,51,61)(H,52,62)(H2,53,55,67)(H2,54,56,68). The SMILES string of the molecule is CN(CCCNC(=O)CCCCCC1SCC2NC(=O)NC21)CCCN1C(=O)c2ccc3c4c(ccc(c24)C1=O)C(=O)N(CCCN(C)CCCNC(=O)CCCCCC1SCC2NC(=O)NC21)C3=O. The average Bonchev–Trinajstić information content (AvgIpc) is 4.11. The fraction of sp³-hybridized carbons (Fsp3) is 0.640. The Bertz CT molecular complexity index is 2090. The molecule has 10 amide bonds. The first kappa shape index (κ1) is 51.4. The van der Waals surface area contributed by atoms with Crippen LogP contribution in [-0.2, 0) is 9.59 Å². The highest BCUT2D eigenvalue weighted by molar-refractivity contribution is 8.00. The smallest absolute Gasteiger partial charge is 0.315 e. The summed E-state index contributed by atoms with van der Waals surface area (Å²) in [6.07, 6.45) is 11.4. The molecule has 0 spiro atoms. The Balaban J connectivity index is 0.689. The van der Waals surface area contributed by atoms with Crippen molar-refractivity contribution in [1.82, 2.24) is 51.5 Å². The van der Waals surface area contributed by atoms with Gasteiger partial charge in [-0.05, 0) is 116 Å². The lowest BCUT2D eigenvalue weighted by atomic mass is 9.86. The molecular weight excluding hydrogens is 933 g/mol. The number of hydrogen-bond acceptors (Lipinski definition) is 12. The van der Waals surface area contributed by atoms with Crippen LogP contribution in [0.5, 0.6) is 0 Å². The number of carbonyl (C=O) groups excluding carboxylic acids is 8. The van der Waals surface area contributed by atoms with Crippen molar-refractivity contribution >= 4 is 81.8 Å². The molecule has 6 heterocycles. The molecule has 6 aliphatic rings. The first-order valence-electron chi connectivity index (χ1n) is 25.5. The Labute approximate surface area is 419 Å². The van der Waals surface area contributed by atoms with Crippen LogP contribution in [0.2, 0.25) is 0 Å². The highest BCUT2D eigenvalue weighted by Crippen LogP contribution is 2.38. The molecule has 6 aliphatic heterocycles. The maximum atomic E-state index is 13.8. The van der Waals surface area contributed by atoms with Gasteiger partial charge in [0.15, 0.2) is 0 Å². The fourth-order valence-corrected chi connectivity index (χ4v) is 13.9. The van der Waals surface area contributed by atoms with Crippen LogP contribution in [0.25, 0.3) is 10.8 Å². The second-order valence-corrected chi connectivity index (χ2v) is 22.3. The summed E-state index contributed by atoms with van der Waals surface area (Å²) in [5.41, 5.74) is 1.23. The molecule has 4 fully saturated rings. The molecule has 4 saturated heterocycles. The molecular formula is C50H70N10O8S2. The lowest BCUT2D eigenvalue weighted by Crippen LogP contribution is -2.44. The third kappa shape index (κ3) is 12.2. The second-order valence-electron chi connectivity index (χ2n) is 19.8. The minimum atomic E-state index is -0.439. The van der Waals surface area contributed by atoms with Crippen molar-refractivity contribution in [1.29, 1.82) is 0 Å². The number of amides is 10. The molecule has 0 saturated carbocycles. The summed E-state index contributed by atoms with van der Waals surface area (Å²) in [7, 11) is 3.95. The number of imide groups is 2. The minimum Gasteiger partial charge on any atom is -0.356 e. The van der Waals surface area contributed by atoms with E-state index in [1.165, 1.54) is 9.80 Å². The molecule has 70 heavy (non-hydrogen) atoms. The summed E-state index contributed by atoms with van der Waals surface area (Å²) in [5, 5.41) is 19.6. The van der Waals surface area contributed by atoms with Crippen LogP contribution in [0.1, 0.15) is 131 Å². The Morgan fingerprint density at radius 3 is 1.29 bits per heavy atom. The van der Waals surface area contributed by atoms with E-state index in [9.17, 15) is 38.4 Å². The Kier molecular flexibility index (Phi) is 17.6. The molecule has 6 atom stereocenters. The number of hydrogen-bond donors (Lipinski definition) is 6. The molecule has 0 aromatic heterocycles. The van der Waals surface area contributed by atoms with Crippen LogP contribution in [-0.4, -0.2) is 180 Å². The van der Waals surface area contributed by atoms with Gasteiger partial charge in [-0.3, -0.25) is 38.6 Å². The zero-order valence-corrected chi connectivity index (χ0v) is 42.2. The van der Waals surface area contributed by atoms with E-state index in [4.69, 9.17) is 0 Å². The van der Waals surface area contributed by atoms with Gasteiger partial charge in [0, 0.05) is 94.1 Å². The fourth-order valence-electron chi connectivity index (χ4n) is 10.8. The van der Waals surface area contributed by atoms with E-state index < -0.39 is 23.6 Å². The molecule has 0 aliphatic carbocycles. The van der Waals surface area contributed by atoms with E-state index in [0.29, 0.717) is 95.4 Å². The van der Waals surface area contributed by atoms with Crippen molar-refractivity contribution in [2.45, 2.75) is 125 Å². The summed E-state index contributed by atoms with van der Waals surface area (Å²) < 4.78 is 0. The predicted octanol–water partition coefficient (Wildman–Crippen LogP) is 3.92. The topological polar surface area (TPSA) is 222 Å². The maximum absolute atomic E-state index is 13.8. The van der Waals surface area contributed by atoms with Crippen LogP contribution >= 0.6 is 23.5 Å². The molecule has 6 N–H and O–H groups in total. The number of fused-ring (bicyclic) bond motifs is 2. The maximum Gasteiger partial charge on any atom is 0.315 e. The van der Waals surface area contributed by atoms with Gasteiger partial charge in [-0.15, -0.1) is 0 Å². The third-order valence-electron chi connectivity index (χ3n) is 14.6. The molecule has 0 bridgehead atoms. The highest BCUT2D eigenvalue weighted by Gasteiger charge is 2.44. The lowest BCUT2D eigenvalue weighted by Gasteiger charge is -2.32. The molecule has 18 nitrogen and oxygen atoms in total.